The normalized spacial score (nSPS) is 41.5. The van der Waals surface area contributed by atoms with E-state index in [1.807, 2.05) is 0 Å². The van der Waals surface area contributed by atoms with Crippen LogP contribution in [-0.2, 0) is 0 Å². The zero-order chi connectivity index (χ0) is 9.26. The van der Waals surface area contributed by atoms with Gasteiger partial charge in [0.15, 0.2) is 0 Å². The predicted octanol–water partition coefficient (Wildman–Crippen LogP) is 1.49. The summed E-state index contributed by atoms with van der Waals surface area (Å²) in [5.74, 6) is 1.44. The molecule has 0 radical (unpaired) electrons. The molecule has 0 aliphatic carbocycles. The summed E-state index contributed by atoms with van der Waals surface area (Å²) in [6.07, 6.45) is 5.20. The Labute approximate surface area is 80.9 Å². The van der Waals surface area contributed by atoms with E-state index in [4.69, 9.17) is 0 Å². The van der Waals surface area contributed by atoms with Crippen LogP contribution in [0.4, 0.5) is 0 Å². The van der Waals surface area contributed by atoms with Crippen LogP contribution in [0.1, 0.15) is 32.6 Å². The Balaban J connectivity index is 1.99. The number of piperidine rings is 2. The first-order chi connectivity index (χ1) is 6.31. The molecule has 2 heterocycles. The highest BCUT2D eigenvalue weighted by atomic mass is 16.3. The molecular weight excluding hydrogens is 162 g/mol. The van der Waals surface area contributed by atoms with Gasteiger partial charge in [-0.05, 0) is 44.1 Å². The molecular formula is C11H21NO. The molecule has 2 fully saturated rings. The SMILES string of the molecule is C[C@H]1CCC2[C@@H](CO)CCCN2C1. The molecule has 2 rings (SSSR count). The summed E-state index contributed by atoms with van der Waals surface area (Å²) < 4.78 is 0. The van der Waals surface area contributed by atoms with Crippen molar-refractivity contribution in [1.82, 2.24) is 4.90 Å². The largest absolute Gasteiger partial charge is 0.396 e. The molecule has 0 aromatic rings. The maximum Gasteiger partial charge on any atom is 0.0474 e. The van der Waals surface area contributed by atoms with E-state index in [0.29, 0.717) is 18.6 Å². The highest BCUT2D eigenvalue weighted by Crippen LogP contribution is 2.32. The van der Waals surface area contributed by atoms with E-state index in [-0.39, 0.29) is 0 Å². The molecule has 0 saturated carbocycles. The van der Waals surface area contributed by atoms with Crippen LogP contribution in [0.2, 0.25) is 0 Å². The van der Waals surface area contributed by atoms with Crippen LogP contribution in [-0.4, -0.2) is 35.7 Å². The van der Waals surface area contributed by atoms with Gasteiger partial charge in [-0.25, -0.2) is 0 Å². The van der Waals surface area contributed by atoms with Crippen LogP contribution < -0.4 is 0 Å². The Bertz CT molecular complexity index is 171. The molecule has 13 heavy (non-hydrogen) atoms. The summed E-state index contributed by atoms with van der Waals surface area (Å²) in [5, 5.41) is 9.27. The summed E-state index contributed by atoms with van der Waals surface area (Å²) in [6.45, 7) is 5.28. The molecule has 3 atom stereocenters. The third-order valence-electron chi connectivity index (χ3n) is 3.77. The van der Waals surface area contributed by atoms with Crippen molar-refractivity contribution in [2.24, 2.45) is 11.8 Å². The van der Waals surface area contributed by atoms with E-state index in [1.54, 1.807) is 0 Å². The van der Waals surface area contributed by atoms with E-state index >= 15 is 0 Å². The summed E-state index contributed by atoms with van der Waals surface area (Å²) in [6, 6.07) is 0.704. The van der Waals surface area contributed by atoms with Crippen molar-refractivity contribution in [1.29, 1.82) is 0 Å². The van der Waals surface area contributed by atoms with Gasteiger partial charge in [-0.3, -0.25) is 4.90 Å². The van der Waals surface area contributed by atoms with E-state index in [9.17, 15) is 5.11 Å². The molecule has 0 spiro atoms. The minimum Gasteiger partial charge on any atom is -0.396 e. The van der Waals surface area contributed by atoms with Crippen molar-refractivity contribution in [2.75, 3.05) is 19.7 Å². The summed E-state index contributed by atoms with van der Waals surface area (Å²) >= 11 is 0. The third kappa shape index (κ3) is 1.89. The maximum absolute atomic E-state index is 9.27. The molecule has 2 aliphatic heterocycles. The fourth-order valence-corrected chi connectivity index (χ4v) is 3.02. The summed E-state index contributed by atoms with van der Waals surface area (Å²) in [5.41, 5.74) is 0. The van der Waals surface area contributed by atoms with Crippen LogP contribution in [0.5, 0.6) is 0 Å². The van der Waals surface area contributed by atoms with Gasteiger partial charge >= 0.3 is 0 Å². The van der Waals surface area contributed by atoms with Crippen molar-refractivity contribution in [2.45, 2.75) is 38.6 Å². The van der Waals surface area contributed by atoms with Gasteiger partial charge in [-0.15, -0.1) is 0 Å². The highest BCUT2D eigenvalue weighted by Gasteiger charge is 2.34. The van der Waals surface area contributed by atoms with Crippen LogP contribution in [0, 0.1) is 11.8 Å². The first-order valence-corrected chi connectivity index (χ1v) is 5.66. The van der Waals surface area contributed by atoms with Crippen molar-refractivity contribution >= 4 is 0 Å². The van der Waals surface area contributed by atoms with E-state index in [0.717, 1.165) is 5.92 Å². The summed E-state index contributed by atoms with van der Waals surface area (Å²) in [7, 11) is 0. The number of hydrogen-bond acceptors (Lipinski definition) is 2. The Morgan fingerprint density at radius 1 is 1.31 bits per heavy atom. The fourth-order valence-electron chi connectivity index (χ4n) is 3.02. The fraction of sp³-hybridized carbons (Fsp3) is 1.00. The van der Waals surface area contributed by atoms with E-state index < -0.39 is 0 Å². The van der Waals surface area contributed by atoms with Gasteiger partial charge in [-0.2, -0.15) is 0 Å². The number of fused-ring (bicyclic) bond motifs is 1. The van der Waals surface area contributed by atoms with Gasteiger partial charge in [0, 0.05) is 19.2 Å². The lowest BCUT2D eigenvalue weighted by Gasteiger charge is -2.45. The average Bonchev–Trinajstić information content (AvgIpc) is 2.16. The number of hydrogen-bond donors (Lipinski definition) is 1. The first-order valence-electron chi connectivity index (χ1n) is 5.66. The number of aliphatic hydroxyl groups is 1. The van der Waals surface area contributed by atoms with Gasteiger partial charge in [-0.1, -0.05) is 6.92 Å². The maximum atomic E-state index is 9.27. The monoisotopic (exact) mass is 183 g/mol. The topological polar surface area (TPSA) is 23.5 Å². The van der Waals surface area contributed by atoms with E-state index in [1.165, 1.54) is 38.8 Å². The van der Waals surface area contributed by atoms with E-state index in [2.05, 4.69) is 11.8 Å². The quantitative estimate of drug-likeness (QED) is 0.666. The average molecular weight is 183 g/mol. The minimum atomic E-state index is 0.398. The van der Waals surface area contributed by atoms with Gasteiger partial charge in [0.1, 0.15) is 0 Å². The Hall–Kier alpha value is -0.0800. The molecule has 0 bridgehead atoms. The van der Waals surface area contributed by atoms with Crippen LogP contribution >= 0.6 is 0 Å². The Morgan fingerprint density at radius 3 is 2.92 bits per heavy atom. The molecule has 0 aromatic carbocycles. The van der Waals surface area contributed by atoms with Crippen molar-refractivity contribution in [3.05, 3.63) is 0 Å². The summed E-state index contributed by atoms with van der Waals surface area (Å²) in [4.78, 5) is 2.61. The highest BCUT2D eigenvalue weighted by molar-refractivity contribution is 4.88. The lowest BCUT2D eigenvalue weighted by atomic mass is 9.81. The van der Waals surface area contributed by atoms with Crippen LogP contribution in [0.25, 0.3) is 0 Å². The first kappa shape index (κ1) is 9.47. The Kier molecular flexibility index (Phi) is 2.89. The zero-order valence-corrected chi connectivity index (χ0v) is 8.58. The third-order valence-corrected chi connectivity index (χ3v) is 3.77. The lowest BCUT2D eigenvalue weighted by molar-refractivity contribution is 0.0147. The molecule has 1 N–H and O–H groups in total. The van der Waals surface area contributed by atoms with Crippen molar-refractivity contribution in [3.8, 4) is 0 Å². The molecule has 0 aromatic heterocycles. The van der Waals surface area contributed by atoms with Crippen LogP contribution in [0.15, 0.2) is 0 Å². The number of nitrogens with zero attached hydrogens (tertiary/aromatic N) is 1. The van der Waals surface area contributed by atoms with Crippen LogP contribution in [0.3, 0.4) is 0 Å². The molecule has 2 saturated heterocycles. The standard InChI is InChI=1S/C11H21NO/c1-9-4-5-11-10(8-13)3-2-6-12(11)7-9/h9-11,13H,2-8H2,1H3/t9-,10+,11?/m0/s1. The second-order valence-electron chi connectivity index (χ2n) is 4.83. The van der Waals surface area contributed by atoms with Gasteiger partial charge in [0.2, 0.25) is 0 Å². The smallest absolute Gasteiger partial charge is 0.0474 e. The lowest BCUT2D eigenvalue weighted by Crippen LogP contribution is -2.50. The van der Waals surface area contributed by atoms with Crippen molar-refractivity contribution in [3.63, 3.8) is 0 Å². The van der Waals surface area contributed by atoms with Gasteiger partial charge in [0.05, 0.1) is 0 Å². The molecule has 2 nitrogen and oxygen atoms in total. The van der Waals surface area contributed by atoms with Gasteiger partial charge < -0.3 is 5.11 Å². The molecule has 2 heteroatoms. The predicted molar refractivity (Wildman–Crippen MR) is 53.6 cm³/mol. The second-order valence-corrected chi connectivity index (χ2v) is 4.83. The zero-order valence-electron chi connectivity index (χ0n) is 8.58. The second kappa shape index (κ2) is 3.97. The molecule has 2 aliphatic rings. The molecule has 76 valence electrons. The number of rotatable bonds is 1. The molecule has 0 amide bonds. The molecule has 1 unspecified atom stereocenters. The minimum absolute atomic E-state index is 0.398. The van der Waals surface area contributed by atoms with Gasteiger partial charge in [0.25, 0.3) is 0 Å². The van der Waals surface area contributed by atoms with Crippen molar-refractivity contribution < 1.29 is 5.11 Å². The Morgan fingerprint density at radius 2 is 2.15 bits per heavy atom. The number of aliphatic hydroxyl groups excluding tert-OH is 1.